The van der Waals surface area contributed by atoms with Gasteiger partial charge in [-0.05, 0) is 54.2 Å². The van der Waals surface area contributed by atoms with Crippen LogP contribution in [0, 0.1) is 5.41 Å². The largest absolute Gasteiger partial charge is 0.497 e. The second-order valence-corrected chi connectivity index (χ2v) is 9.63. The average Bonchev–Trinajstić information content (AvgIpc) is 2.81. The molecule has 1 atom stereocenters. The van der Waals surface area contributed by atoms with Crippen molar-refractivity contribution in [2.24, 2.45) is 5.41 Å². The van der Waals surface area contributed by atoms with Gasteiger partial charge in [-0.2, -0.15) is 0 Å². The van der Waals surface area contributed by atoms with Crippen molar-refractivity contribution in [2.45, 2.75) is 46.1 Å². The van der Waals surface area contributed by atoms with Crippen molar-refractivity contribution < 1.29 is 23.8 Å². The number of hydrogen-bond donors (Lipinski definition) is 1. The highest BCUT2D eigenvalue weighted by Gasteiger charge is 2.43. The molecule has 0 bridgehead atoms. The topological polar surface area (TPSA) is 73.9 Å². The summed E-state index contributed by atoms with van der Waals surface area (Å²) in [5, 5.41) is 3.37. The molecule has 0 fully saturated rings. The van der Waals surface area contributed by atoms with E-state index in [-0.39, 0.29) is 17.8 Å². The molecule has 2 aliphatic rings. The number of ketones is 1. The number of nitrogens with one attached hydrogen (secondary N) is 1. The van der Waals surface area contributed by atoms with E-state index in [0.717, 1.165) is 29.0 Å². The predicted molar refractivity (Wildman–Crippen MR) is 129 cm³/mol. The fourth-order valence-corrected chi connectivity index (χ4v) is 4.78. The fraction of sp³-hybridized carbons (Fsp3) is 0.357. The molecule has 2 aromatic rings. The van der Waals surface area contributed by atoms with E-state index in [1.165, 1.54) is 0 Å². The van der Waals surface area contributed by atoms with Gasteiger partial charge in [0.1, 0.15) is 18.1 Å². The van der Waals surface area contributed by atoms with E-state index in [4.69, 9.17) is 14.2 Å². The molecule has 6 nitrogen and oxygen atoms in total. The molecule has 34 heavy (non-hydrogen) atoms. The Labute approximate surface area is 200 Å². The van der Waals surface area contributed by atoms with Gasteiger partial charge in [-0.15, -0.1) is 0 Å². The number of benzene rings is 2. The number of carbonyl (C=O) groups excluding carboxylic acids is 2. The van der Waals surface area contributed by atoms with Gasteiger partial charge < -0.3 is 19.5 Å². The summed E-state index contributed by atoms with van der Waals surface area (Å²) in [5.41, 5.74) is 4.30. The van der Waals surface area contributed by atoms with Gasteiger partial charge in [0.05, 0.1) is 19.8 Å². The first-order valence-electron chi connectivity index (χ1n) is 11.4. The highest BCUT2D eigenvalue weighted by Crippen LogP contribution is 2.47. The first-order chi connectivity index (χ1) is 16.2. The second kappa shape index (κ2) is 9.37. The van der Waals surface area contributed by atoms with Crippen LogP contribution >= 0.6 is 0 Å². The molecule has 2 aromatic carbocycles. The Morgan fingerprint density at radius 1 is 0.971 bits per heavy atom. The molecule has 0 saturated carbocycles. The van der Waals surface area contributed by atoms with Gasteiger partial charge >= 0.3 is 5.97 Å². The number of esters is 1. The highest BCUT2D eigenvalue weighted by atomic mass is 16.5. The van der Waals surface area contributed by atoms with Crippen LogP contribution < -0.4 is 14.8 Å². The lowest BCUT2D eigenvalue weighted by Gasteiger charge is -2.39. The summed E-state index contributed by atoms with van der Waals surface area (Å²) in [6, 6.07) is 14.9. The minimum absolute atomic E-state index is 0.0625. The van der Waals surface area contributed by atoms with Crippen LogP contribution in [0.4, 0.5) is 0 Å². The molecule has 1 heterocycles. The lowest BCUT2D eigenvalue weighted by Crippen LogP contribution is -2.38. The van der Waals surface area contributed by atoms with Gasteiger partial charge in [0.15, 0.2) is 5.78 Å². The zero-order chi connectivity index (χ0) is 24.5. The van der Waals surface area contributed by atoms with Gasteiger partial charge in [0.2, 0.25) is 0 Å². The zero-order valence-corrected chi connectivity index (χ0v) is 20.4. The van der Waals surface area contributed by atoms with E-state index in [1.54, 1.807) is 14.2 Å². The number of hydrogen-bond acceptors (Lipinski definition) is 6. The molecule has 0 spiro atoms. The first-order valence-corrected chi connectivity index (χ1v) is 11.4. The minimum atomic E-state index is -0.492. The zero-order valence-electron chi connectivity index (χ0n) is 20.4. The van der Waals surface area contributed by atoms with Crippen molar-refractivity contribution in [3.05, 3.63) is 82.2 Å². The van der Waals surface area contributed by atoms with E-state index in [9.17, 15) is 9.59 Å². The maximum absolute atomic E-state index is 13.4. The summed E-state index contributed by atoms with van der Waals surface area (Å²) in [6.45, 7) is 6.19. The van der Waals surface area contributed by atoms with Gasteiger partial charge in [-0.1, -0.05) is 38.1 Å². The Hall–Kier alpha value is -3.54. The third-order valence-electron chi connectivity index (χ3n) is 6.44. The molecule has 0 aromatic heterocycles. The Morgan fingerprint density at radius 3 is 2.15 bits per heavy atom. The number of Topliss-reactive ketones (excluding diaryl/α,β-unsaturated/α-hetero) is 1. The third kappa shape index (κ3) is 4.72. The van der Waals surface area contributed by atoms with Crippen molar-refractivity contribution >= 4 is 11.8 Å². The van der Waals surface area contributed by atoms with Gasteiger partial charge in [0, 0.05) is 29.3 Å². The smallest absolute Gasteiger partial charge is 0.337 e. The number of carbonyl (C=O) groups is 2. The molecule has 0 amide bonds. The maximum atomic E-state index is 13.4. The SMILES string of the molecule is COc1ccc(COC(=O)C2=C(C)NC3=C(C(=O)CC(C)(C)C3)C2c2ccc(OC)cc2)cc1. The number of dihydropyridines is 1. The van der Waals surface area contributed by atoms with Crippen molar-refractivity contribution in [1.29, 1.82) is 0 Å². The molecule has 1 aliphatic heterocycles. The van der Waals surface area contributed by atoms with Gasteiger partial charge in [-0.25, -0.2) is 4.79 Å². The first kappa shape index (κ1) is 23.6. The summed E-state index contributed by atoms with van der Waals surface area (Å²) in [5.74, 6) is 0.586. The molecule has 0 radical (unpaired) electrons. The number of methoxy groups -OCH3 is 2. The monoisotopic (exact) mass is 461 g/mol. The molecule has 178 valence electrons. The van der Waals surface area contributed by atoms with Crippen LogP contribution in [0.3, 0.4) is 0 Å². The van der Waals surface area contributed by atoms with E-state index in [2.05, 4.69) is 19.2 Å². The average molecular weight is 462 g/mol. The lowest BCUT2D eigenvalue weighted by atomic mass is 9.68. The maximum Gasteiger partial charge on any atom is 0.337 e. The summed E-state index contributed by atoms with van der Waals surface area (Å²) >= 11 is 0. The normalized spacial score (nSPS) is 19.3. The van der Waals surface area contributed by atoms with Gasteiger partial charge in [-0.3, -0.25) is 4.79 Å². The predicted octanol–water partition coefficient (Wildman–Crippen LogP) is 5.05. The lowest BCUT2D eigenvalue weighted by molar-refractivity contribution is -0.140. The third-order valence-corrected chi connectivity index (χ3v) is 6.44. The van der Waals surface area contributed by atoms with Crippen molar-refractivity contribution in [3.8, 4) is 11.5 Å². The molecule has 1 N–H and O–H groups in total. The molecular weight excluding hydrogens is 430 g/mol. The second-order valence-electron chi connectivity index (χ2n) is 9.63. The fourth-order valence-electron chi connectivity index (χ4n) is 4.78. The van der Waals surface area contributed by atoms with Crippen molar-refractivity contribution in [3.63, 3.8) is 0 Å². The van der Waals surface area contributed by atoms with E-state index < -0.39 is 11.9 Å². The van der Waals surface area contributed by atoms with Crippen LogP contribution in [0.2, 0.25) is 0 Å². The molecule has 0 saturated heterocycles. The van der Waals surface area contributed by atoms with Crippen LogP contribution in [0.1, 0.15) is 50.7 Å². The van der Waals surface area contributed by atoms with Crippen molar-refractivity contribution in [2.75, 3.05) is 14.2 Å². The Morgan fingerprint density at radius 2 is 1.56 bits per heavy atom. The van der Waals surface area contributed by atoms with Crippen LogP contribution in [-0.2, 0) is 20.9 Å². The highest BCUT2D eigenvalue weighted by molar-refractivity contribution is 6.04. The Balaban J connectivity index is 1.68. The van der Waals surface area contributed by atoms with E-state index >= 15 is 0 Å². The molecule has 1 unspecified atom stereocenters. The van der Waals surface area contributed by atoms with E-state index in [1.807, 2.05) is 55.5 Å². The summed E-state index contributed by atoms with van der Waals surface area (Å²) in [6.07, 6.45) is 1.18. The Bertz CT molecular complexity index is 1160. The summed E-state index contributed by atoms with van der Waals surface area (Å²) in [7, 11) is 3.22. The molecule has 6 heteroatoms. The van der Waals surface area contributed by atoms with E-state index in [0.29, 0.717) is 29.0 Å². The van der Waals surface area contributed by atoms with Crippen LogP contribution in [0.5, 0.6) is 11.5 Å². The molecule has 4 rings (SSSR count). The number of allylic oxidation sites excluding steroid dienone is 3. The van der Waals surface area contributed by atoms with Crippen LogP contribution in [0.15, 0.2) is 71.1 Å². The van der Waals surface area contributed by atoms with Crippen LogP contribution in [0.25, 0.3) is 0 Å². The minimum Gasteiger partial charge on any atom is -0.497 e. The van der Waals surface area contributed by atoms with Crippen molar-refractivity contribution in [1.82, 2.24) is 5.32 Å². The number of ether oxygens (including phenoxy) is 3. The molecular formula is C28H31NO5. The summed E-state index contributed by atoms with van der Waals surface area (Å²) < 4.78 is 16.2. The summed E-state index contributed by atoms with van der Waals surface area (Å²) in [4.78, 5) is 26.8. The number of rotatable bonds is 6. The van der Waals surface area contributed by atoms with Gasteiger partial charge in [0.25, 0.3) is 0 Å². The standard InChI is InChI=1S/C28H31NO5/c1-17-24(27(31)34-16-18-6-10-20(32-4)11-7-18)25(19-8-12-21(33-5)13-9-19)26-22(29-17)14-28(2,3)15-23(26)30/h6-13,25,29H,14-16H2,1-5H3. The van der Waals surface area contributed by atoms with Crippen LogP contribution in [-0.4, -0.2) is 26.0 Å². The Kier molecular flexibility index (Phi) is 6.51. The quantitative estimate of drug-likeness (QED) is 0.607. The molecule has 1 aliphatic carbocycles.